The molecule has 1 fully saturated rings. The van der Waals surface area contributed by atoms with Gasteiger partial charge in [-0.1, -0.05) is 51.2 Å². The molecule has 0 aliphatic carbocycles. The van der Waals surface area contributed by atoms with Crippen molar-refractivity contribution in [3.05, 3.63) is 12.2 Å². The normalized spacial score (nSPS) is 19.8. The summed E-state index contributed by atoms with van der Waals surface area (Å²) in [4.78, 5) is 24.4. The lowest BCUT2D eigenvalue weighted by atomic mass is 9.86. The van der Waals surface area contributed by atoms with Gasteiger partial charge in [0.25, 0.3) is 0 Å². The van der Waals surface area contributed by atoms with Crippen LogP contribution in [0, 0.1) is 5.41 Å². The van der Waals surface area contributed by atoms with Crippen molar-refractivity contribution in [1.29, 1.82) is 0 Å². The van der Waals surface area contributed by atoms with Crippen LogP contribution in [0.4, 0.5) is 0 Å². The van der Waals surface area contributed by atoms with Gasteiger partial charge in [-0.25, -0.2) is 0 Å². The van der Waals surface area contributed by atoms with Gasteiger partial charge in [-0.3, -0.25) is 9.59 Å². The number of epoxide rings is 1. The van der Waals surface area contributed by atoms with Crippen LogP contribution in [-0.2, 0) is 23.8 Å². The molecular weight excluding hydrogens is 320 g/mol. The fourth-order valence-corrected chi connectivity index (χ4v) is 2.78. The van der Waals surface area contributed by atoms with Gasteiger partial charge in [0.1, 0.15) is 6.10 Å². The summed E-state index contributed by atoms with van der Waals surface area (Å²) in [6.45, 7) is 7.72. The molecule has 1 rings (SSSR count). The van der Waals surface area contributed by atoms with Crippen molar-refractivity contribution >= 4 is 11.9 Å². The Morgan fingerprint density at radius 3 is 2.16 bits per heavy atom. The molecule has 0 bridgehead atoms. The molecule has 0 amide bonds. The summed E-state index contributed by atoms with van der Waals surface area (Å²) in [6, 6.07) is 0. The van der Waals surface area contributed by atoms with Gasteiger partial charge in [-0.05, 0) is 33.6 Å². The number of ether oxygens (including phenoxy) is 3. The van der Waals surface area contributed by atoms with Crippen LogP contribution in [0.1, 0.15) is 72.6 Å². The van der Waals surface area contributed by atoms with E-state index >= 15 is 0 Å². The van der Waals surface area contributed by atoms with Crippen molar-refractivity contribution < 1.29 is 23.8 Å². The maximum Gasteiger partial charge on any atom is 0.323 e. The van der Waals surface area contributed by atoms with Crippen LogP contribution < -0.4 is 0 Å². The second-order valence-electron chi connectivity index (χ2n) is 6.75. The minimum Gasteiger partial charge on any atom is -0.465 e. The fourth-order valence-electron chi connectivity index (χ4n) is 2.78. The topological polar surface area (TPSA) is 65.1 Å². The predicted octanol–water partition coefficient (Wildman–Crippen LogP) is 4.19. The van der Waals surface area contributed by atoms with E-state index in [-0.39, 0.29) is 31.8 Å². The van der Waals surface area contributed by atoms with Gasteiger partial charge in [0.2, 0.25) is 0 Å². The lowest BCUT2D eigenvalue weighted by Crippen LogP contribution is -2.39. The molecule has 2 unspecified atom stereocenters. The Balaban J connectivity index is 2.42. The molecule has 0 radical (unpaired) electrons. The van der Waals surface area contributed by atoms with E-state index in [4.69, 9.17) is 14.2 Å². The molecule has 0 aromatic heterocycles. The van der Waals surface area contributed by atoms with Crippen molar-refractivity contribution in [1.82, 2.24) is 0 Å². The number of unbranched alkanes of at least 4 members (excludes halogenated alkanes) is 4. The number of hydrogen-bond acceptors (Lipinski definition) is 5. The van der Waals surface area contributed by atoms with E-state index < -0.39 is 17.4 Å². The first kappa shape index (κ1) is 21.7. The highest BCUT2D eigenvalue weighted by Gasteiger charge is 2.43. The largest absolute Gasteiger partial charge is 0.465 e. The zero-order chi connectivity index (χ0) is 18.7. The van der Waals surface area contributed by atoms with Crippen LogP contribution in [0.3, 0.4) is 0 Å². The Morgan fingerprint density at radius 1 is 1.00 bits per heavy atom. The highest BCUT2D eigenvalue weighted by Crippen LogP contribution is 2.31. The Hall–Kier alpha value is -1.36. The Labute approximate surface area is 152 Å². The summed E-state index contributed by atoms with van der Waals surface area (Å²) in [7, 11) is 0. The summed E-state index contributed by atoms with van der Waals surface area (Å²) < 4.78 is 15.7. The van der Waals surface area contributed by atoms with E-state index in [1.54, 1.807) is 20.8 Å². The van der Waals surface area contributed by atoms with E-state index in [9.17, 15) is 9.59 Å². The Bertz CT molecular complexity index is 425. The number of allylic oxidation sites excluding steroid dienone is 1. The highest BCUT2D eigenvalue weighted by molar-refractivity contribution is 5.99. The molecule has 2 atom stereocenters. The van der Waals surface area contributed by atoms with Gasteiger partial charge in [0, 0.05) is 0 Å². The van der Waals surface area contributed by atoms with Crippen molar-refractivity contribution in [2.75, 3.05) is 13.2 Å². The Morgan fingerprint density at radius 2 is 1.60 bits per heavy atom. The predicted molar refractivity (Wildman–Crippen MR) is 97.2 cm³/mol. The minimum absolute atomic E-state index is 0.111. The minimum atomic E-state index is -1.30. The van der Waals surface area contributed by atoms with Crippen LogP contribution in [0.2, 0.25) is 0 Å². The molecule has 5 heteroatoms. The van der Waals surface area contributed by atoms with Gasteiger partial charge in [-0.15, -0.1) is 0 Å². The van der Waals surface area contributed by atoms with E-state index in [1.807, 2.05) is 12.2 Å². The summed E-state index contributed by atoms with van der Waals surface area (Å²) in [5.41, 5.74) is -1.30. The summed E-state index contributed by atoms with van der Waals surface area (Å²) in [5.74, 6) is -1.08. The second-order valence-corrected chi connectivity index (χ2v) is 6.75. The summed E-state index contributed by atoms with van der Waals surface area (Å²) in [5, 5.41) is 0. The molecule has 1 heterocycles. The molecule has 144 valence electrons. The van der Waals surface area contributed by atoms with Crippen LogP contribution in [0.15, 0.2) is 12.2 Å². The lowest BCUT2D eigenvalue weighted by Gasteiger charge is -2.23. The third-order valence-electron chi connectivity index (χ3n) is 4.52. The number of hydrogen-bond donors (Lipinski definition) is 0. The molecular formula is C20H34O5. The summed E-state index contributed by atoms with van der Waals surface area (Å²) in [6.07, 6.45) is 11.8. The third kappa shape index (κ3) is 7.18. The van der Waals surface area contributed by atoms with E-state index in [0.717, 1.165) is 6.42 Å². The fraction of sp³-hybridized carbons (Fsp3) is 0.800. The van der Waals surface area contributed by atoms with E-state index in [2.05, 4.69) is 6.92 Å². The van der Waals surface area contributed by atoms with Crippen molar-refractivity contribution in [3.63, 3.8) is 0 Å². The molecule has 25 heavy (non-hydrogen) atoms. The quantitative estimate of drug-likeness (QED) is 0.163. The zero-order valence-electron chi connectivity index (χ0n) is 16.2. The molecule has 0 aromatic carbocycles. The smallest absolute Gasteiger partial charge is 0.323 e. The molecule has 0 spiro atoms. The zero-order valence-corrected chi connectivity index (χ0v) is 16.2. The third-order valence-corrected chi connectivity index (χ3v) is 4.52. The maximum absolute atomic E-state index is 12.2. The van der Waals surface area contributed by atoms with E-state index in [1.165, 1.54) is 32.1 Å². The standard InChI is InChI=1S/C20H34O5/c1-5-8-9-10-11-13-16-17(25-16)14-12-15-20(4,18(21)23-6-2)19(22)24-7-3/h12,14,16-17H,5-11,13,15H2,1-4H3/b14-12+. The van der Waals surface area contributed by atoms with Gasteiger partial charge in [0.05, 0.1) is 19.3 Å². The van der Waals surface area contributed by atoms with Gasteiger partial charge in [-0.2, -0.15) is 0 Å². The monoisotopic (exact) mass is 354 g/mol. The van der Waals surface area contributed by atoms with Crippen LogP contribution >= 0.6 is 0 Å². The molecule has 1 saturated heterocycles. The van der Waals surface area contributed by atoms with Gasteiger partial charge < -0.3 is 14.2 Å². The first-order valence-corrected chi connectivity index (χ1v) is 9.66. The first-order chi connectivity index (χ1) is 12.0. The van der Waals surface area contributed by atoms with Crippen LogP contribution in [0.25, 0.3) is 0 Å². The van der Waals surface area contributed by atoms with E-state index in [0.29, 0.717) is 0 Å². The van der Waals surface area contributed by atoms with Crippen molar-refractivity contribution in [2.24, 2.45) is 5.41 Å². The van der Waals surface area contributed by atoms with Gasteiger partial charge in [0.15, 0.2) is 5.41 Å². The van der Waals surface area contributed by atoms with Crippen LogP contribution in [-0.4, -0.2) is 37.4 Å². The van der Waals surface area contributed by atoms with Crippen molar-refractivity contribution in [2.45, 2.75) is 84.8 Å². The lowest BCUT2D eigenvalue weighted by molar-refractivity contribution is -0.170. The van der Waals surface area contributed by atoms with Crippen molar-refractivity contribution in [3.8, 4) is 0 Å². The van der Waals surface area contributed by atoms with Crippen LogP contribution in [0.5, 0.6) is 0 Å². The molecule has 0 N–H and O–H groups in total. The number of carbonyl (C=O) groups is 2. The average molecular weight is 354 g/mol. The van der Waals surface area contributed by atoms with Gasteiger partial charge >= 0.3 is 11.9 Å². The molecule has 1 aliphatic heterocycles. The first-order valence-electron chi connectivity index (χ1n) is 9.66. The average Bonchev–Trinajstić information content (AvgIpc) is 3.33. The molecule has 1 aliphatic rings. The number of carbonyl (C=O) groups excluding carboxylic acids is 2. The number of rotatable bonds is 13. The Kier molecular flexibility index (Phi) is 9.79. The molecule has 0 saturated carbocycles. The number of esters is 2. The molecule has 5 nitrogen and oxygen atoms in total. The molecule has 0 aromatic rings. The summed E-state index contributed by atoms with van der Waals surface area (Å²) >= 11 is 0. The second kappa shape index (κ2) is 11.3. The SMILES string of the molecule is CCCCCCCC1OC1/C=C/CC(C)(C(=O)OCC)C(=O)OCC. The highest BCUT2D eigenvalue weighted by atomic mass is 16.6. The maximum atomic E-state index is 12.2.